The van der Waals surface area contributed by atoms with Crippen molar-refractivity contribution in [1.29, 1.82) is 0 Å². The molecule has 2 aromatic heterocycles. The van der Waals surface area contributed by atoms with Crippen molar-refractivity contribution in [2.24, 2.45) is 0 Å². The Labute approximate surface area is 153 Å². The minimum Gasteiger partial charge on any atom is -0.483 e. The van der Waals surface area contributed by atoms with Gasteiger partial charge in [-0.2, -0.15) is 5.10 Å². The molecule has 0 spiro atoms. The first-order valence-corrected chi connectivity index (χ1v) is 9.20. The van der Waals surface area contributed by atoms with Crippen LogP contribution in [-0.2, 0) is 16.1 Å². The minimum absolute atomic E-state index is 0.250. The zero-order valence-corrected chi connectivity index (χ0v) is 15.0. The fourth-order valence-corrected chi connectivity index (χ4v) is 3.75. The number of carbonyl (C=O) groups is 1. The number of pyridine rings is 1. The number of piperidine rings is 1. The lowest BCUT2D eigenvalue weighted by atomic mass is 10.0. The molecule has 8 heteroatoms. The number of nitrogens with zero attached hydrogens (tertiary/aromatic N) is 5. The summed E-state index contributed by atoms with van der Waals surface area (Å²) in [5.41, 5.74) is 2.27. The zero-order chi connectivity index (χ0) is 18.2. The Morgan fingerprint density at radius 3 is 2.88 bits per heavy atom. The summed E-state index contributed by atoms with van der Waals surface area (Å²) < 4.78 is 7.30. The second-order valence-electron chi connectivity index (χ2n) is 6.74. The molecule has 0 aromatic carbocycles. The van der Waals surface area contributed by atoms with E-state index < -0.39 is 0 Å². The highest BCUT2D eigenvalue weighted by Gasteiger charge is 2.25. The van der Waals surface area contributed by atoms with Gasteiger partial charge in [-0.3, -0.25) is 14.6 Å². The van der Waals surface area contributed by atoms with Crippen LogP contribution in [0.4, 0.5) is 0 Å². The maximum atomic E-state index is 8.36. The highest BCUT2D eigenvalue weighted by Crippen LogP contribution is 2.21. The Morgan fingerprint density at radius 1 is 1.27 bits per heavy atom. The predicted octanol–water partition coefficient (Wildman–Crippen LogP) is 1.12. The van der Waals surface area contributed by atoms with E-state index in [1.807, 2.05) is 10.7 Å². The van der Waals surface area contributed by atoms with E-state index >= 15 is 0 Å². The molecule has 0 bridgehead atoms. The van der Waals surface area contributed by atoms with Gasteiger partial charge in [0.05, 0.1) is 13.2 Å². The van der Waals surface area contributed by atoms with Crippen molar-refractivity contribution < 1.29 is 14.6 Å². The van der Waals surface area contributed by atoms with Gasteiger partial charge in [0.15, 0.2) is 5.65 Å². The molecule has 2 aliphatic rings. The quantitative estimate of drug-likeness (QED) is 0.817. The first-order valence-electron chi connectivity index (χ1n) is 9.20. The van der Waals surface area contributed by atoms with Crippen LogP contribution in [0.25, 0.3) is 5.65 Å². The number of morpholine rings is 1. The van der Waals surface area contributed by atoms with Gasteiger partial charge < -0.3 is 9.84 Å². The van der Waals surface area contributed by atoms with Crippen LogP contribution in [0.1, 0.15) is 24.8 Å². The van der Waals surface area contributed by atoms with Gasteiger partial charge in [-0.25, -0.2) is 9.50 Å². The number of fused-ring (bicyclic) bond motifs is 1. The monoisotopic (exact) mass is 361 g/mol. The topological polar surface area (TPSA) is 83.2 Å². The third kappa shape index (κ3) is 5.00. The maximum Gasteiger partial charge on any atom is 0.290 e. The number of rotatable bonds is 4. The molecular formula is C18H27N5O3. The lowest BCUT2D eigenvalue weighted by Gasteiger charge is -2.39. The Balaban J connectivity index is 0.000000613. The Morgan fingerprint density at radius 2 is 2.08 bits per heavy atom. The first-order chi connectivity index (χ1) is 12.8. The summed E-state index contributed by atoms with van der Waals surface area (Å²) in [4.78, 5) is 17.9. The average Bonchev–Trinajstić information content (AvgIpc) is 3.13. The predicted molar refractivity (Wildman–Crippen MR) is 97.0 cm³/mol. The summed E-state index contributed by atoms with van der Waals surface area (Å²) in [6.07, 6.45) is 7.60. The fraction of sp³-hybridized carbons (Fsp3) is 0.611. The molecule has 1 atom stereocenters. The highest BCUT2D eigenvalue weighted by molar-refractivity contribution is 5.39. The summed E-state index contributed by atoms with van der Waals surface area (Å²) >= 11 is 0. The van der Waals surface area contributed by atoms with E-state index in [2.05, 4.69) is 32.0 Å². The number of likely N-dealkylation sites (tertiary alicyclic amines) is 1. The molecule has 8 nitrogen and oxygen atoms in total. The second kappa shape index (κ2) is 9.61. The molecule has 0 saturated carbocycles. The normalized spacial score (nSPS) is 21.9. The molecule has 0 radical (unpaired) electrons. The number of hydrogen-bond donors (Lipinski definition) is 1. The SMILES string of the molecule is O=CO.c1nc2cc(CN3CCCCC3CN3CCOCC3)ccn2n1. The smallest absolute Gasteiger partial charge is 0.290 e. The molecule has 142 valence electrons. The van der Waals surface area contributed by atoms with Crippen LogP contribution in [0.3, 0.4) is 0 Å². The largest absolute Gasteiger partial charge is 0.483 e. The summed E-state index contributed by atoms with van der Waals surface area (Å²) in [5.74, 6) is 0. The van der Waals surface area contributed by atoms with E-state index in [1.165, 1.54) is 37.9 Å². The van der Waals surface area contributed by atoms with Crippen LogP contribution in [0, 0.1) is 0 Å². The van der Waals surface area contributed by atoms with E-state index in [0.29, 0.717) is 6.04 Å². The second-order valence-corrected chi connectivity index (χ2v) is 6.74. The van der Waals surface area contributed by atoms with Gasteiger partial charge in [0, 0.05) is 38.4 Å². The Bertz CT molecular complexity index is 686. The van der Waals surface area contributed by atoms with E-state index in [9.17, 15) is 0 Å². The van der Waals surface area contributed by atoms with Gasteiger partial charge in [0.1, 0.15) is 6.33 Å². The molecule has 26 heavy (non-hydrogen) atoms. The van der Waals surface area contributed by atoms with Gasteiger partial charge in [-0.15, -0.1) is 0 Å². The number of aromatic nitrogens is 3. The zero-order valence-electron chi connectivity index (χ0n) is 15.0. The van der Waals surface area contributed by atoms with Gasteiger partial charge in [-0.05, 0) is 37.1 Å². The molecule has 1 unspecified atom stereocenters. The van der Waals surface area contributed by atoms with Crippen molar-refractivity contribution in [2.75, 3.05) is 39.4 Å². The van der Waals surface area contributed by atoms with E-state index in [-0.39, 0.29) is 6.47 Å². The number of ether oxygens (including phenoxy) is 1. The summed E-state index contributed by atoms with van der Waals surface area (Å²) in [6, 6.07) is 4.99. The molecule has 2 aliphatic heterocycles. The molecule has 4 heterocycles. The van der Waals surface area contributed by atoms with Crippen LogP contribution >= 0.6 is 0 Å². The third-order valence-electron chi connectivity index (χ3n) is 5.05. The van der Waals surface area contributed by atoms with Gasteiger partial charge in [-0.1, -0.05) is 6.42 Å². The van der Waals surface area contributed by atoms with Crippen molar-refractivity contribution in [3.8, 4) is 0 Å². The van der Waals surface area contributed by atoms with Crippen LogP contribution in [0.2, 0.25) is 0 Å². The standard InChI is InChI=1S/C17H25N5O.CH2O2/c1-2-5-21(16(3-1)13-20-7-9-23-10-8-20)12-15-4-6-22-17(11-15)18-14-19-22;2-1-3/h4,6,11,14,16H,1-3,5,7-10,12-13H2;1H,(H,2,3). The van der Waals surface area contributed by atoms with Gasteiger partial charge in [0.25, 0.3) is 6.47 Å². The lowest BCUT2D eigenvalue weighted by Crippen LogP contribution is -2.49. The van der Waals surface area contributed by atoms with Crippen molar-refractivity contribution in [3.63, 3.8) is 0 Å². The van der Waals surface area contributed by atoms with Crippen LogP contribution in [0.5, 0.6) is 0 Å². The maximum absolute atomic E-state index is 8.36. The molecule has 1 N–H and O–H groups in total. The molecule has 2 saturated heterocycles. The van der Waals surface area contributed by atoms with E-state index in [4.69, 9.17) is 14.6 Å². The highest BCUT2D eigenvalue weighted by atomic mass is 16.5. The summed E-state index contributed by atoms with van der Waals surface area (Å²) in [6.45, 7) is 7.07. The van der Waals surface area contributed by atoms with Crippen LogP contribution < -0.4 is 0 Å². The molecule has 2 aromatic rings. The molecule has 0 amide bonds. The molecule has 0 aliphatic carbocycles. The number of hydrogen-bond acceptors (Lipinski definition) is 6. The Kier molecular flexibility index (Phi) is 6.93. The van der Waals surface area contributed by atoms with Gasteiger partial charge in [0.2, 0.25) is 0 Å². The van der Waals surface area contributed by atoms with Crippen molar-refractivity contribution in [3.05, 3.63) is 30.2 Å². The molecule has 2 fully saturated rings. The van der Waals surface area contributed by atoms with Crippen LogP contribution in [0.15, 0.2) is 24.7 Å². The fourth-order valence-electron chi connectivity index (χ4n) is 3.75. The average molecular weight is 361 g/mol. The van der Waals surface area contributed by atoms with Crippen molar-refractivity contribution >= 4 is 12.1 Å². The van der Waals surface area contributed by atoms with E-state index in [1.54, 1.807) is 6.33 Å². The summed E-state index contributed by atoms with van der Waals surface area (Å²) in [5, 5.41) is 11.1. The number of carboxylic acid groups (broad SMARTS) is 1. The van der Waals surface area contributed by atoms with Crippen molar-refractivity contribution in [2.45, 2.75) is 31.8 Å². The molecule has 4 rings (SSSR count). The summed E-state index contributed by atoms with van der Waals surface area (Å²) in [7, 11) is 0. The Hall–Kier alpha value is -2.03. The van der Waals surface area contributed by atoms with Crippen molar-refractivity contribution in [1.82, 2.24) is 24.4 Å². The third-order valence-corrected chi connectivity index (χ3v) is 5.05. The van der Waals surface area contributed by atoms with Crippen LogP contribution in [-0.4, -0.2) is 81.4 Å². The minimum atomic E-state index is -0.250. The van der Waals surface area contributed by atoms with Gasteiger partial charge >= 0.3 is 0 Å². The lowest BCUT2D eigenvalue weighted by molar-refractivity contribution is -0.122. The molecular weight excluding hydrogens is 334 g/mol. The van der Waals surface area contributed by atoms with E-state index in [0.717, 1.165) is 38.5 Å². The first kappa shape index (κ1) is 18.8.